The summed E-state index contributed by atoms with van der Waals surface area (Å²) in [7, 11) is 0. The molecule has 1 aliphatic carbocycles. The third-order valence-corrected chi connectivity index (χ3v) is 4.50. The highest BCUT2D eigenvalue weighted by molar-refractivity contribution is 5.93. The number of fused-ring (bicyclic) bond motifs is 2. The molecule has 120 valence electrons. The molecule has 2 atom stereocenters. The quantitative estimate of drug-likeness (QED) is 0.676. The standard InChI is InChI=1S/C20H18N2O2/c23-18-12-15-7-3-4-8-17(15)19(18)22-20(24)21-16-10-9-13-5-1-2-6-14(13)11-16/h1-11,18-19,23H,12H2,(H2,21,22,24)/t18-,19+/m0/s1. The zero-order valence-corrected chi connectivity index (χ0v) is 13.1. The van der Waals surface area contributed by atoms with E-state index < -0.39 is 6.10 Å². The molecule has 3 aromatic carbocycles. The van der Waals surface area contributed by atoms with Gasteiger partial charge < -0.3 is 15.7 Å². The smallest absolute Gasteiger partial charge is 0.319 e. The molecule has 3 N–H and O–H groups in total. The van der Waals surface area contributed by atoms with Crippen LogP contribution in [-0.2, 0) is 6.42 Å². The maximum absolute atomic E-state index is 12.3. The monoisotopic (exact) mass is 318 g/mol. The third-order valence-electron chi connectivity index (χ3n) is 4.50. The number of rotatable bonds is 2. The summed E-state index contributed by atoms with van der Waals surface area (Å²) in [4.78, 5) is 12.3. The van der Waals surface area contributed by atoms with Crippen molar-refractivity contribution >= 4 is 22.5 Å². The average molecular weight is 318 g/mol. The highest BCUT2D eigenvalue weighted by Gasteiger charge is 2.31. The summed E-state index contributed by atoms with van der Waals surface area (Å²) >= 11 is 0. The number of carbonyl (C=O) groups excluding carboxylic acids is 1. The van der Waals surface area contributed by atoms with Crippen molar-refractivity contribution in [3.8, 4) is 0 Å². The number of aliphatic hydroxyl groups is 1. The van der Waals surface area contributed by atoms with E-state index in [4.69, 9.17) is 0 Å². The van der Waals surface area contributed by atoms with Gasteiger partial charge in [0.15, 0.2) is 0 Å². The number of hydrogen-bond acceptors (Lipinski definition) is 2. The number of benzene rings is 3. The van der Waals surface area contributed by atoms with E-state index in [2.05, 4.69) is 10.6 Å². The van der Waals surface area contributed by atoms with E-state index >= 15 is 0 Å². The zero-order valence-electron chi connectivity index (χ0n) is 13.1. The fourth-order valence-corrected chi connectivity index (χ4v) is 3.32. The number of urea groups is 1. The first-order valence-corrected chi connectivity index (χ1v) is 8.03. The molecule has 0 aliphatic heterocycles. The van der Waals surface area contributed by atoms with Crippen LogP contribution in [0.2, 0.25) is 0 Å². The van der Waals surface area contributed by atoms with Gasteiger partial charge in [0.25, 0.3) is 0 Å². The molecular formula is C20H18N2O2. The number of anilines is 1. The summed E-state index contributed by atoms with van der Waals surface area (Å²) < 4.78 is 0. The molecule has 4 rings (SSSR count). The lowest BCUT2D eigenvalue weighted by Crippen LogP contribution is -2.36. The summed E-state index contributed by atoms with van der Waals surface area (Å²) in [5, 5.41) is 18.2. The third kappa shape index (κ3) is 2.72. The van der Waals surface area contributed by atoms with Crippen LogP contribution < -0.4 is 10.6 Å². The molecule has 0 saturated carbocycles. The van der Waals surface area contributed by atoms with E-state index in [1.807, 2.05) is 66.7 Å². The van der Waals surface area contributed by atoms with E-state index in [1.54, 1.807) is 0 Å². The molecule has 3 aromatic rings. The first-order chi connectivity index (χ1) is 11.7. The average Bonchev–Trinajstić information content (AvgIpc) is 2.90. The fraction of sp³-hybridized carbons (Fsp3) is 0.150. The van der Waals surface area contributed by atoms with Crippen LogP contribution in [0.3, 0.4) is 0 Å². The van der Waals surface area contributed by atoms with Crippen molar-refractivity contribution in [3.05, 3.63) is 77.9 Å². The zero-order chi connectivity index (χ0) is 16.5. The van der Waals surface area contributed by atoms with Crippen molar-refractivity contribution in [2.24, 2.45) is 0 Å². The van der Waals surface area contributed by atoms with Crippen molar-refractivity contribution in [1.82, 2.24) is 5.32 Å². The Morgan fingerprint density at radius 3 is 2.58 bits per heavy atom. The molecule has 0 radical (unpaired) electrons. The molecule has 0 saturated heterocycles. The van der Waals surface area contributed by atoms with Crippen LogP contribution in [0, 0.1) is 0 Å². The van der Waals surface area contributed by atoms with Gasteiger partial charge in [0.05, 0.1) is 12.1 Å². The molecule has 0 bridgehead atoms. The van der Waals surface area contributed by atoms with Crippen LogP contribution in [0.15, 0.2) is 66.7 Å². The summed E-state index contributed by atoms with van der Waals surface area (Å²) in [6.45, 7) is 0. The highest BCUT2D eigenvalue weighted by atomic mass is 16.3. The predicted molar refractivity (Wildman–Crippen MR) is 95.0 cm³/mol. The minimum absolute atomic E-state index is 0.314. The SMILES string of the molecule is O=C(Nc1ccc2ccccc2c1)N[C@@H]1c2ccccc2C[C@@H]1O. The van der Waals surface area contributed by atoms with Gasteiger partial charge in [-0.2, -0.15) is 0 Å². The molecule has 0 aromatic heterocycles. The lowest BCUT2D eigenvalue weighted by Gasteiger charge is -2.18. The molecule has 1 aliphatic rings. The lowest BCUT2D eigenvalue weighted by molar-refractivity contribution is 0.144. The van der Waals surface area contributed by atoms with Crippen LogP contribution >= 0.6 is 0 Å². The summed E-state index contributed by atoms with van der Waals surface area (Å²) in [5.41, 5.74) is 2.80. The molecule has 2 amide bonds. The number of hydrogen-bond donors (Lipinski definition) is 3. The lowest BCUT2D eigenvalue weighted by atomic mass is 10.1. The molecule has 0 heterocycles. The summed E-state index contributed by atoms with van der Waals surface area (Å²) in [6.07, 6.45) is -0.0263. The van der Waals surface area contributed by atoms with Crippen LogP contribution in [0.1, 0.15) is 17.2 Å². The number of aliphatic hydroxyl groups excluding tert-OH is 1. The normalized spacial score (nSPS) is 19.0. The van der Waals surface area contributed by atoms with E-state index in [-0.39, 0.29) is 12.1 Å². The molecule has 0 fully saturated rings. The largest absolute Gasteiger partial charge is 0.390 e. The second-order valence-corrected chi connectivity index (χ2v) is 6.11. The van der Waals surface area contributed by atoms with Crippen molar-refractivity contribution in [2.45, 2.75) is 18.6 Å². The van der Waals surface area contributed by atoms with Gasteiger partial charge in [-0.05, 0) is 34.0 Å². The minimum Gasteiger partial charge on any atom is -0.390 e. The highest BCUT2D eigenvalue weighted by Crippen LogP contribution is 2.31. The Balaban J connectivity index is 1.50. The summed E-state index contributed by atoms with van der Waals surface area (Å²) in [6, 6.07) is 20.9. The van der Waals surface area contributed by atoms with Crippen LogP contribution in [0.5, 0.6) is 0 Å². The van der Waals surface area contributed by atoms with E-state index in [1.165, 1.54) is 0 Å². The van der Waals surface area contributed by atoms with Crippen LogP contribution in [0.4, 0.5) is 10.5 Å². The molecule has 0 unspecified atom stereocenters. The molecule has 4 heteroatoms. The fourth-order valence-electron chi connectivity index (χ4n) is 3.32. The predicted octanol–water partition coefficient (Wildman–Crippen LogP) is 3.62. The first-order valence-electron chi connectivity index (χ1n) is 8.03. The van der Waals surface area contributed by atoms with Crippen molar-refractivity contribution in [3.63, 3.8) is 0 Å². The first kappa shape index (κ1) is 14.7. The Bertz CT molecular complexity index is 907. The molecule has 0 spiro atoms. The van der Waals surface area contributed by atoms with Crippen LogP contribution in [-0.4, -0.2) is 17.2 Å². The Morgan fingerprint density at radius 2 is 1.71 bits per heavy atom. The van der Waals surface area contributed by atoms with Gasteiger partial charge in [0, 0.05) is 12.1 Å². The number of carbonyl (C=O) groups is 1. The Morgan fingerprint density at radius 1 is 0.958 bits per heavy atom. The Labute approximate surface area is 140 Å². The molecular weight excluding hydrogens is 300 g/mol. The second-order valence-electron chi connectivity index (χ2n) is 6.11. The maximum Gasteiger partial charge on any atom is 0.319 e. The van der Waals surface area contributed by atoms with Gasteiger partial charge in [0.1, 0.15) is 0 Å². The maximum atomic E-state index is 12.3. The second kappa shape index (κ2) is 5.98. The van der Waals surface area contributed by atoms with E-state index in [0.717, 1.165) is 27.6 Å². The van der Waals surface area contributed by atoms with Crippen molar-refractivity contribution < 1.29 is 9.90 Å². The van der Waals surface area contributed by atoms with Crippen LogP contribution in [0.25, 0.3) is 10.8 Å². The molecule has 4 nitrogen and oxygen atoms in total. The minimum atomic E-state index is -0.593. The molecule has 24 heavy (non-hydrogen) atoms. The van der Waals surface area contributed by atoms with Gasteiger partial charge in [-0.15, -0.1) is 0 Å². The van der Waals surface area contributed by atoms with Crippen molar-refractivity contribution in [2.75, 3.05) is 5.32 Å². The van der Waals surface area contributed by atoms with Gasteiger partial charge in [0.2, 0.25) is 0 Å². The van der Waals surface area contributed by atoms with Crippen molar-refractivity contribution in [1.29, 1.82) is 0 Å². The Kier molecular flexibility index (Phi) is 3.67. The summed E-state index contributed by atoms with van der Waals surface area (Å²) in [5.74, 6) is 0. The van der Waals surface area contributed by atoms with Gasteiger partial charge in [-0.3, -0.25) is 0 Å². The topological polar surface area (TPSA) is 61.4 Å². The Hall–Kier alpha value is -2.85. The van der Waals surface area contributed by atoms with Gasteiger partial charge >= 0.3 is 6.03 Å². The van der Waals surface area contributed by atoms with E-state index in [0.29, 0.717) is 6.42 Å². The van der Waals surface area contributed by atoms with Gasteiger partial charge in [-0.25, -0.2) is 4.79 Å². The number of nitrogens with one attached hydrogen (secondary N) is 2. The van der Waals surface area contributed by atoms with E-state index in [9.17, 15) is 9.90 Å². The number of amides is 2. The van der Waals surface area contributed by atoms with Gasteiger partial charge in [-0.1, -0.05) is 54.6 Å².